The van der Waals surface area contributed by atoms with Crippen molar-refractivity contribution < 1.29 is 43.9 Å². The summed E-state index contributed by atoms with van der Waals surface area (Å²) in [4.78, 5) is 0. The van der Waals surface area contributed by atoms with Crippen molar-refractivity contribution in [2.45, 2.75) is 22.4 Å². The molecule has 0 bridgehead atoms. The summed E-state index contributed by atoms with van der Waals surface area (Å²) in [6, 6.07) is 0. The second kappa shape index (κ2) is 4.62. The van der Waals surface area contributed by atoms with Crippen LogP contribution in [0.4, 0.5) is 43.9 Å². The Morgan fingerprint density at radius 2 is 1.00 bits per heavy atom. The van der Waals surface area contributed by atoms with Gasteiger partial charge in [-0.15, -0.1) is 0 Å². The molecule has 0 amide bonds. The molecule has 0 aliphatic rings. The van der Waals surface area contributed by atoms with E-state index in [-0.39, 0.29) is 0 Å². The van der Waals surface area contributed by atoms with E-state index in [1.165, 1.54) is 0 Å². The summed E-state index contributed by atoms with van der Waals surface area (Å²) >= 11 is 7.82. The average Bonchev–Trinajstić information content (AvgIpc) is 2.13. The molecule has 0 nitrogen and oxygen atoms in total. The van der Waals surface area contributed by atoms with Crippen LogP contribution in [0.5, 0.6) is 0 Å². The van der Waals surface area contributed by atoms with E-state index in [9.17, 15) is 43.9 Å². The largest absolute Gasteiger partial charge is 0.384 e. The fourth-order valence-corrected chi connectivity index (χ4v) is 0.869. The Labute approximate surface area is 102 Å². The van der Waals surface area contributed by atoms with E-state index in [0.717, 1.165) is 0 Å². The number of alkyl halides is 9. The maximum absolute atomic E-state index is 12.6. The van der Waals surface area contributed by atoms with Gasteiger partial charge in [0.05, 0.1) is 0 Å². The van der Waals surface area contributed by atoms with Gasteiger partial charge in [-0.2, -0.15) is 39.5 Å². The lowest BCUT2D eigenvalue weighted by Crippen LogP contribution is -2.60. The molecule has 0 fully saturated rings. The molecule has 0 saturated carbocycles. The minimum Gasteiger partial charge on any atom is -0.201 e. The zero-order valence-electron chi connectivity index (χ0n) is 7.54. The van der Waals surface area contributed by atoms with Crippen molar-refractivity contribution in [3.63, 3.8) is 0 Å². The molecule has 0 N–H and O–H groups in total. The molecule has 0 heterocycles. The van der Waals surface area contributed by atoms with Crippen molar-refractivity contribution in [2.24, 2.45) is 0 Å². The highest BCUT2D eigenvalue weighted by Gasteiger charge is 2.81. The quantitative estimate of drug-likeness (QED) is 0.498. The van der Waals surface area contributed by atoms with Crippen LogP contribution in [0, 0.1) is 0 Å². The van der Waals surface area contributed by atoms with Crippen molar-refractivity contribution >= 4 is 23.2 Å². The van der Waals surface area contributed by atoms with Gasteiger partial charge in [0.25, 0.3) is 0 Å². The maximum atomic E-state index is 12.6. The number of halogens is 12. The standard InChI is InChI=1S/C6Cl2F10/c7-6(8,18)5(16,17)4(14,15)3(12,13)1(9)2(10)11. The summed E-state index contributed by atoms with van der Waals surface area (Å²) in [5, 5.41) is 0. The Hall–Kier alpha value is -0.380. The Morgan fingerprint density at radius 1 is 0.667 bits per heavy atom. The molecular formula is C6Cl2F10. The molecule has 108 valence electrons. The second-order valence-electron chi connectivity index (χ2n) is 2.80. The van der Waals surface area contributed by atoms with Crippen LogP contribution in [0.1, 0.15) is 0 Å². The van der Waals surface area contributed by atoms with E-state index >= 15 is 0 Å². The third-order valence-electron chi connectivity index (χ3n) is 1.59. The van der Waals surface area contributed by atoms with Gasteiger partial charge in [0.1, 0.15) is 0 Å². The van der Waals surface area contributed by atoms with E-state index in [0.29, 0.717) is 0 Å². The fourth-order valence-electron chi connectivity index (χ4n) is 0.632. The van der Waals surface area contributed by atoms with Gasteiger partial charge in [0.2, 0.25) is 5.83 Å². The van der Waals surface area contributed by atoms with Gasteiger partial charge < -0.3 is 0 Å². The Morgan fingerprint density at radius 3 is 1.22 bits per heavy atom. The molecule has 0 atom stereocenters. The normalized spacial score (nSPS) is 14.7. The predicted molar refractivity (Wildman–Crippen MR) is 40.7 cm³/mol. The first-order valence-corrected chi connectivity index (χ1v) is 4.27. The molecule has 0 rings (SSSR count). The lowest BCUT2D eigenvalue weighted by atomic mass is 10.0. The minimum atomic E-state index is -6.94. The Balaban J connectivity index is 5.88. The Bertz CT molecular complexity index is 350. The zero-order chi connectivity index (χ0) is 15.2. The van der Waals surface area contributed by atoms with E-state index in [1.807, 2.05) is 0 Å². The van der Waals surface area contributed by atoms with E-state index < -0.39 is 34.3 Å². The monoisotopic (exact) mass is 332 g/mol. The van der Waals surface area contributed by atoms with Crippen molar-refractivity contribution in [2.75, 3.05) is 0 Å². The zero-order valence-corrected chi connectivity index (χ0v) is 9.05. The minimum absolute atomic E-state index is 3.91. The molecule has 0 aromatic rings. The van der Waals surface area contributed by atoms with Crippen LogP contribution < -0.4 is 0 Å². The summed E-state index contributed by atoms with van der Waals surface area (Å²) < 4.78 is 117. The van der Waals surface area contributed by atoms with E-state index in [1.54, 1.807) is 0 Å². The summed E-state index contributed by atoms with van der Waals surface area (Å²) in [6.07, 6.45) is -3.98. The molecule has 0 saturated heterocycles. The summed E-state index contributed by atoms with van der Waals surface area (Å²) in [5.41, 5.74) is 0. The summed E-state index contributed by atoms with van der Waals surface area (Å²) in [5.74, 6) is -24.3. The molecule has 0 aliphatic heterocycles. The second-order valence-corrected chi connectivity index (χ2v) is 4.03. The maximum Gasteiger partial charge on any atom is 0.384 e. The summed E-state index contributed by atoms with van der Waals surface area (Å²) in [6.45, 7) is 0. The molecule has 0 aromatic heterocycles. The van der Waals surface area contributed by atoms with Crippen LogP contribution in [0.3, 0.4) is 0 Å². The van der Waals surface area contributed by atoms with Crippen LogP contribution in [0.2, 0.25) is 0 Å². The van der Waals surface area contributed by atoms with Crippen LogP contribution in [0.25, 0.3) is 0 Å². The van der Waals surface area contributed by atoms with Crippen LogP contribution in [-0.2, 0) is 0 Å². The average molecular weight is 333 g/mol. The Kier molecular flexibility index (Phi) is 4.52. The highest BCUT2D eigenvalue weighted by atomic mass is 35.5. The topological polar surface area (TPSA) is 0 Å². The smallest absolute Gasteiger partial charge is 0.201 e. The van der Waals surface area contributed by atoms with Gasteiger partial charge in [0.15, 0.2) is 0 Å². The number of allylic oxidation sites excluding steroid dienone is 1. The van der Waals surface area contributed by atoms with Crippen molar-refractivity contribution in [1.82, 2.24) is 0 Å². The van der Waals surface area contributed by atoms with Crippen molar-refractivity contribution in [1.29, 1.82) is 0 Å². The van der Waals surface area contributed by atoms with Gasteiger partial charge in [-0.25, -0.2) is 4.39 Å². The van der Waals surface area contributed by atoms with Crippen molar-refractivity contribution in [3.05, 3.63) is 11.9 Å². The molecule has 18 heavy (non-hydrogen) atoms. The fraction of sp³-hybridized carbons (Fsp3) is 0.667. The van der Waals surface area contributed by atoms with Gasteiger partial charge in [0, 0.05) is 0 Å². The first-order chi connectivity index (χ1) is 7.60. The third kappa shape index (κ3) is 2.49. The molecular weight excluding hydrogens is 333 g/mol. The molecule has 12 heteroatoms. The molecule has 0 unspecified atom stereocenters. The molecule has 0 radical (unpaired) electrons. The SMILES string of the molecule is FC(F)=C(F)C(F)(F)C(F)(F)C(F)(F)C(F)(Cl)Cl. The van der Waals surface area contributed by atoms with E-state index in [4.69, 9.17) is 0 Å². The number of hydrogen-bond donors (Lipinski definition) is 0. The predicted octanol–water partition coefficient (Wildman–Crippen LogP) is 5.07. The van der Waals surface area contributed by atoms with Gasteiger partial charge in [-0.05, 0) is 0 Å². The third-order valence-corrected chi connectivity index (χ3v) is 2.06. The first kappa shape index (κ1) is 17.6. The lowest BCUT2D eigenvalue weighted by molar-refractivity contribution is -0.314. The number of hydrogen-bond acceptors (Lipinski definition) is 0. The molecule has 0 aromatic carbocycles. The van der Waals surface area contributed by atoms with Crippen LogP contribution >= 0.6 is 23.2 Å². The van der Waals surface area contributed by atoms with Gasteiger partial charge in [-0.3, -0.25) is 0 Å². The highest BCUT2D eigenvalue weighted by Crippen LogP contribution is 2.57. The molecule has 0 aliphatic carbocycles. The number of rotatable bonds is 4. The first-order valence-electron chi connectivity index (χ1n) is 3.52. The summed E-state index contributed by atoms with van der Waals surface area (Å²) in [7, 11) is 0. The van der Waals surface area contributed by atoms with Gasteiger partial charge >= 0.3 is 28.4 Å². The highest BCUT2D eigenvalue weighted by molar-refractivity contribution is 6.47. The van der Waals surface area contributed by atoms with E-state index in [2.05, 4.69) is 23.2 Å². The molecule has 0 spiro atoms. The van der Waals surface area contributed by atoms with Gasteiger partial charge in [-0.1, -0.05) is 23.2 Å². The van der Waals surface area contributed by atoms with Crippen LogP contribution in [0.15, 0.2) is 11.9 Å². The lowest BCUT2D eigenvalue weighted by Gasteiger charge is -2.34. The van der Waals surface area contributed by atoms with Crippen molar-refractivity contribution in [3.8, 4) is 0 Å². The van der Waals surface area contributed by atoms with Crippen LogP contribution in [-0.4, -0.2) is 22.4 Å².